The molecule has 0 aliphatic heterocycles. The molecule has 0 spiro atoms. The predicted octanol–water partition coefficient (Wildman–Crippen LogP) is 0.957. The first-order valence-corrected chi connectivity index (χ1v) is 5.90. The fourth-order valence-corrected chi connectivity index (χ4v) is 1.61. The van der Waals surface area contributed by atoms with Gasteiger partial charge in [0.25, 0.3) is 5.91 Å². The van der Waals surface area contributed by atoms with Gasteiger partial charge in [-0.05, 0) is 6.07 Å². The maximum Gasteiger partial charge on any atom is 0.323 e. The second-order valence-electron chi connectivity index (χ2n) is 3.48. The molecule has 0 aliphatic rings. The molecule has 19 heavy (non-hydrogen) atoms. The standard InChI is InChI=1S/C10H11Cl2N3O4/c1-19-3-2-15(5-8(16)17)10(18)6-4-7(11)13-14-9(6)12/h4H,2-3,5H2,1H3,(H,16,17). The molecule has 1 aromatic rings. The van der Waals surface area contributed by atoms with Gasteiger partial charge in [-0.15, -0.1) is 10.2 Å². The SMILES string of the molecule is COCCN(CC(=O)O)C(=O)c1cc(Cl)nnc1Cl. The van der Waals surface area contributed by atoms with E-state index in [0.717, 1.165) is 4.90 Å². The van der Waals surface area contributed by atoms with E-state index in [-0.39, 0.29) is 29.0 Å². The van der Waals surface area contributed by atoms with Crippen LogP contribution in [-0.4, -0.2) is 58.9 Å². The lowest BCUT2D eigenvalue weighted by atomic mass is 10.2. The average molecular weight is 308 g/mol. The first kappa shape index (κ1) is 15.6. The first-order valence-electron chi connectivity index (χ1n) is 5.14. The summed E-state index contributed by atoms with van der Waals surface area (Å²) in [7, 11) is 1.45. The molecule has 1 heterocycles. The van der Waals surface area contributed by atoms with Crippen molar-refractivity contribution in [3.05, 3.63) is 21.9 Å². The van der Waals surface area contributed by atoms with E-state index in [1.165, 1.54) is 13.2 Å². The fraction of sp³-hybridized carbons (Fsp3) is 0.400. The number of rotatable bonds is 6. The molecule has 0 fully saturated rings. The summed E-state index contributed by atoms with van der Waals surface area (Å²) < 4.78 is 4.82. The van der Waals surface area contributed by atoms with Gasteiger partial charge in [-0.1, -0.05) is 23.2 Å². The van der Waals surface area contributed by atoms with Crippen molar-refractivity contribution in [1.29, 1.82) is 0 Å². The molecule has 0 aliphatic carbocycles. The lowest BCUT2D eigenvalue weighted by Crippen LogP contribution is -2.38. The van der Waals surface area contributed by atoms with E-state index in [1.807, 2.05) is 0 Å². The summed E-state index contributed by atoms with van der Waals surface area (Å²) in [6.07, 6.45) is 0. The van der Waals surface area contributed by atoms with Gasteiger partial charge >= 0.3 is 5.97 Å². The van der Waals surface area contributed by atoms with E-state index in [2.05, 4.69) is 10.2 Å². The molecule has 1 amide bonds. The number of carboxylic acids is 1. The highest BCUT2D eigenvalue weighted by Crippen LogP contribution is 2.17. The Morgan fingerprint density at radius 2 is 2.11 bits per heavy atom. The molecule has 1 N–H and O–H groups in total. The molecule has 0 unspecified atom stereocenters. The van der Waals surface area contributed by atoms with Gasteiger partial charge in [0.2, 0.25) is 0 Å². The molecule has 1 aromatic heterocycles. The third kappa shape index (κ3) is 4.62. The van der Waals surface area contributed by atoms with Gasteiger partial charge in [-0.25, -0.2) is 0 Å². The molecule has 7 nitrogen and oxygen atoms in total. The lowest BCUT2D eigenvalue weighted by molar-refractivity contribution is -0.137. The van der Waals surface area contributed by atoms with Crippen LogP contribution in [0.3, 0.4) is 0 Å². The van der Waals surface area contributed by atoms with Crippen molar-refractivity contribution in [3.8, 4) is 0 Å². The third-order valence-electron chi connectivity index (χ3n) is 2.13. The Kier molecular flexibility index (Phi) is 5.94. The Morgan fingerprint density at radius 1 is 1.42 bits per heavy atom. The van der Waals surface area contributed by atoms with Crippen LogP contribution in [0.25, 0.3) is 0 Å². The van der Waals surface area contributed by atoms with Crippen LogP contribution < -0.4 is 0 Å². The summed E-state index contributed by atoms with van der Waals surface area (Å²) in [5.41, 5.74) is -0.000908. The number of carbonyl (C=O) groups is 2. The van der Waals surface area contributed by atoms with Crippen LogP contribution >= 0.6 is 23.2 Å². The summed E-state index contributed by atoms with van der Waals surface area (Å²) in [6.45, 7) is -0.167. The molecular formula is C10H11Cl2N3O4. The van der Waals surface area contributed by atoms with Crippen LogP contribution in [0.15, 0.2) is 6.07 Å². The maximum absolute atomic E-state index is 12.2. The van der Waals surface area contributed by atoms with Gasteiger partial charge in [0, 0.05) is 13.7 Å². The Labute approximate surface area is 119 Å². The van der Waals surface area contributed by atoms with E-state index in [4.69, 9.17) is 33.0 Å². The van der Waals surface area contributed by atoms with Crippen LogP contribution in [-0.2, 0) is 9.53 Å². The number of ether oxygens (including phenoxy) is 1. The van der Waals surface area contributed by atoms with Crippen LogP contribution in [0.5, 0.6) is 0 Å². The molecule has 104 valence electrons. The van der Waals surface area contributed by atoms with Crippen LogP contribution in [0.4, 0.5) is 0 Å². The van der Waals surface area contributed by atoms with Gasteiger partial charge < -0.3 is 14.7 Å². The summed E-state index contributed by atoms with van der Waals surface area (Å²) in [6, 6.07) is 1.24. The van der Waals surface area contributed by atoms with Crippen LogP contribution in [0, 0.1) is 0 Å². The number of hydrogen-bond donors (Lipinski definition) is 1. The topological polar surface area (TPSA) is 92.6 Å². The summed E-state index contributed by atoms with van der Waals surface area (Å²) in [4.78, 5) is 24.0. The number of nitrogens with zero attached hydrogens (tertiary/aromatic N) is 3. The van der Waals surface area contributed by atoms with E-state index in [0.29, 0.717) is 0 Å². The summed E-state index contributed by atoms with van der Waals surface area (Å²) >= 11 is 11.4. The molecule has 0 atom stereocenters. The number of amides is 1. The van der Waals surface area contributed by atoms with E-state index in [1.54, 1.807) is 0 Å². The second-order valence-corrected chi connectivity index (χ2v) is 4.23. The second kappa shape index (κ2) is 7.22. The number of methoxy groups -OCH3 is 1. The van der Waals surface area contributed by atoms with E-state index >= 15 is 0 Å². The van der Waals surface area contributed by atoms with Gasteiger partial charge in [-0.3, -0.25) is 9.59 Å². The quantitative estimate of drug-likeness (QED) is 0.841. The highest BCUT2D eigenvalue weighted by atomic mass is 35.5. The van der Waals surface area contributed by atoms with Crippen molar-refractivity contribution in [1.82, 2.24) is 15.1 Å². The smallest absolute Gasteiger partial charge is 0.323 e. The van der Waals surface area contributed by atoms with Crippen LogP contribution in [0.2, 0.25) is 10.3 Å². The predicted molar refractivity (Wildman–Crippen MR) is 67.5 cm³/mol. The summed E-state index contributed by atoms with van der Waals surface area (Å²) in [5.74, 6) is -1.74. The molecule has 1 rings (SSSR count). The molecule has 0 bridgehead atoms. The highest BCUT2D eigenvalue weighted by Gasteiger charge is 2.22. The minimum atomic E-state index is -1.14. The van der Waals surface area contributed by atoms with Crippen molar-refractivity contribution in [2.75, 3.05) is 26.8 Å². The zero-order valence-corrected chi connectivity index (χ0v) is 11.5. The molecular weight excluding hydrogens is 297 g/mol. The van der Waals surface area contributed by atoms with Gasteiger partial charge in [-0.2, -0.15) is 0 Å². The average Bonchev–Trinajstić information content (AvgIpc) is 2.36. The van der Waals surface area contributed by atoms with Gasteiger partial charge in [0.15, 0.2) is 10.3 Å². The molecule has 9 heteroatoms. The van der Waals surface area contributed by atoms with E-state index in [9.17, 15) is 9.59 Å². The van der Waals surface area contributed by atoms with Gasteiger partial charge in [0.1, 0.15) is 6.54 Å². The van der Waals surface area contributed by atoms with Crippen molar-refractivity contribution < 1.29 is 19.4 Å². The molecule has 0 saturated carbocycles. The largest absolute Gasteiger partial charge is 0.480 e. The highest BCUT2D eigenvalue weighted by molar-refractivity contribution is 6.34. The zero-order chi connectivity index (χ0) is 14.4. The van der Waals surface area contributed by atoms with Crippen molar-refractivity contribution in [3.63, 3.8) is 0 Å². The van der Waals surface area contributed by atoms with Gasteiger partial charge in [0.05, 0.1) is 12.2 Å². The number of aliphatic carboxylic acids is 1. The maximum atomic E-state index is 12.2. The number of aromatic nitrogens is 2. The Balaban J connectivity index is 2.97. The van der Waals surface area contributed by atoms with Crippen molar-refractivity contribution in [2.24, 2.45) is 0 Å². The zero-order valence-electron chi connectivity index (χ0n) is 9.97. The minimum absolute atomic E-state index is 0.000908. The first-order chi connectivity index (χ1) is 8.95. The van der Waals surface area contributed by atoms with E-state index < -0.39 is 18.4 Å². The van der Waals surface area contributed by atoms with Crippen molar-refractivity contribution in [2.45, 2.75) is 0 Å². The number of hydrogen-bond acceptors (Lipinski definition) is 5. The Bertz CT molecular complexity index is 484. The van der Waals surface area contributed by atoms with Crippen molar-refractivity contribution >= 4 is 35.1 Å². The monoisotopic (exact) mass is 307 g/mol. The molecule has 0 saturated heterocycles. The van der Waals surface area contributed by atoms with Crippen LogP contribution in [0.1, 0.15) is 10.4 Å². The Hall–Kier alpha value is -1.44. The summed E-state index contributed by atoms with van der Waals surface area (Å²) in [5, 5.41) is 15.6. The Morgan fingerprint density at radius 3 is 2.68 bits per heavy atom. The number of carboxylic acid groups (broad SMARTS) is 1. The minimum Gasteiger partial charge on any atom is -0.480 e. The molecule has 0 aromatic carbocycles. The molecule has 0 radical (unpaired) electrons. The lowest BCUT2D eigenvalue weighted by Gasteiger charge is -2.20. The normalized spacial score (nSPS) is 10.3. The number of halogens is 2. The fourth-order valence-electron chi connectivity index (χ4n) is 1.29. The third-order valence-corrected chi connectivity index (χ3v) is 2.59. The number of carbonyl (C=O) groups excluding carboxylic acids is 1.